The molecule has 0 aromatic heterocycles. The van der Waals surface area contributed by atoms with Crippen LogP contribution in [-0.4, -0.2) is 42.6 Å². The molecule has 4 heteroatoms. The number of nitrogens with zero attached hydrogens (tertiary/aromatic N) is 1. The second-order valence-corrected chi connectivity index (χ2v) is 4.64. The van der Waals surface area contributed by atoms with E-state index in [0.29, 0.717) is 18.9 Å². The smallest absolute Gasteiger partial charge is 0.223 e. The summed E-state index contributed by atoms with van der Waals surface area (Å²) in [5.41, 5.74) is 5.60. The van der Waals surface area contributed by atoms with Crippen LogP contribution in [0, 0.1) is 5.92 Å². The fourth-order valence-corrected chi connectivity index (χ4v) is 2.54. The summed E-state index contributed by atoms with van der Waals surface area (Å²) in [6.45, 7) is 4.36. The summed E-state index contributed by atoms with van der Waals surface area (Å²) in [6.07, 6.45) is 3.06. The van der Waals surface area contributed by atoms with Crippen LogP contribution >= 0.6 is 0 Å². The highest BCUT2D eigenvalue weighted by Gasteiger charge is 2.36. The largest absolute Gasteiger partial charge is 0.376 e. The molecular weight excluding hydrogens is 192 g/mol. The Bertz CT molecular complexity index is 239. The Labute approximate surface area is 90.8 Å². The van der Waals surface area contributed by atoms with Gasteiger partial charge in [-0.2, -0.15) is 0 Å². The number of likely N-dealkylation sites (tertiary alicyclic amines) is 1. The van der Waals surface area contributed by atoms with Gasteiger partial charge in [0.05, 0.1) is 12.1 Å². The number of carbonyl (C=O) groups is 1. The molecule has 15 heavy (non-hydrogen) atoms. The number of hydrogen-bond acceptors (Lipinski definition) is 3. The molecule has 86 valence electrons. The lowest BCUT2D eigenvalue weighted by atomic mass is 10.1. The number of rotatable bonds is 3. The maximum atomic E-state index is 11.8. The molecule has 2 rings (SSSR count). The van der Waals surface area contributed by atoms with E-state index < -0.39 is 0 Å². The van der Waals surface area contributed by atoms with E-state index in [-0.39, 0.29) is 18.1 Å². The third-order valence-electron chi connectivity index (χ3n) is 3.57. The SMILES string of the molecule is CC(C1CCCO1)N1CC(CN)CC1=O. The predicted octanol–water partition coefficient (Wildman–Crippen LogP) is 0.361. The average molecular weight is 212 g/mol. The third-order valence-corrected chi connectivity index (χ3v) is 3.57. The van der Waals surface area contributed by atoms with Crippen molar-refractivity contribution in [3.05, 3.63) is 0 Å². The normalized spacial score (nSPS) is 33.7. The van der Waals surface area contributed by atoms with Crippen molar-refractivity contribution >= 4 is 5.91 Å². The fourth-order valence-electron chi connectivity index (χ4n) is 2.54. The van der Waals surface area contributed by atoms with Crippen molar-refractivity contribution in [2.45, 2.75) is 38.3 Å². The topological polar surface area (TPSA) is 55.6 Å². The Balaban J connectivity index is 1.94. The lowest BCUT2D eigenvalue weighted by Gasteiger charge is -2.29. The molecule has 0 saturated carbocycles. The zero-order chi connectivity index (χ0) is 10.8. The van der Waals surface area contributed by atoms with Gasteiger partial charge < -0.3 is 15.4 Å². The number of ether oxygens (including phenoxy) is 1. The summed E-state index contributed by atoms with van der Waals surface area (Å²) in [7, 11) is 0. The van der Waals surface area contributed by atoms with Crippen molar-refractivity contribution in [1.29, 1.82) is 0 Å². The summed E-state index contributed by atoms with van der Waals surface area (Å²) >= 11 is 0. The number of nitrogens with two attached hydrogens (primary N) is 1. The second-order valence-electron chi connectivity index (χ2n) is 4.64. The first-order valence-electron chi connectivity index (χ1n) is 5.83. The first kappa shape index (κ1) is 10.9. The van der Waals surface area contributed by atoms with Crippen LogP contribution in [0.2, 0.25) is 0 Å². The molecule has 2 aliphatic heterocycles. The van der Waals surface area contributed by atoms with Crippen LogP contribution < -0.4 is 5.73 Å². The second kappa shape index (κ2) is 4.49. The van der Waals surface area contributed by atoms with E-state index >= 15 is 0 Å². The van der Waals surface area contributed by atoms with Crippen LogP contribution in [-0.2, 0) is 9.53 Å². The minimum Gasteiger partial charge on any atom is -0.376 e. The van der Waals surface area contributed by atoms with Gasteiger partial charge in [-0.05, 0) is 32.2 Å². The molecule has 2 fully saturated rings. The maximum Gasteiger partial charge on any atom is 0.223 e. The van der Waals surface area contributed by atoms with Crippen molar-refractivity contribution in [2.75, 3.05) is 19.7 Å². The van der Waals surface area contributed by atoms with Crippen LogP contribution in [0.15, 0.2) is 0 Å². The zero-order valence-corrected chi connectivity index (χ0v) is 9.32. The van der Waals surface area contributed by atoms with E-state index in [9.17, 15) is 4.79 Å². The van der Waals surface area contributed by atoms with Crippen molar-refractivity contribution in [2.24, 2.45) is 11.7 Å². The first-order valence-corrected chi connectivity index (χ1v) is 5.83. The van der Waals surface area contributed by atoms with Gasteiger partial charge in [0, 0.05) is 19.6 Å². The zero-order valence-electron chi connectivity index (χ0n) is 9.32. The number of hydrogen-bond donors (Lipinski definition) is 1. The van der Waals surface area contributed by atoms with Gasteiger partial charge in [-0.15, -0.1) is 0 Å². The van der Waals surface area contributed by atoms with Gasteiger partial charge in [0.2, 0.25) is 5.91 Å². The lowest BCUT2D eigenvalue weighted by Crippen LogP contribution is -2.42. The minimum atomic E-state index is 0.219. The van der Waals surface area contributed by atoms with E-state index in [4.69, 9.17) is 10.5 Å². The van der Waals surface area contributed by atoms with Crippen LogP contribution in [0.3, 0.4) is 0 Å². The molecule has 0 bridgehead atoms. The van der Waals surface area contributed by atoms with E-state index in [1.54, 1.807) is 0 Å². The lowest BCUT2D eigenvalue weighted by molar-refractivity contribution is -0.131. The summed E-state index contributed by atoms with van der Waals surface area (Å²) < 4.78 is 5.62. The van der Waals surface area contributed by atoms with Gasteiger partial charge in [-0.1, -0.05) is 0 Å². The molecule has 0 aromatic rings. The van der Waals surface area contributed by atoms with Crippen LogP contribution in [0.4, 0.5) is 0 Å². The summed E-state index contributed by atoms with van der Waals surface area (Å²) in [6, 6.07) is 0.219. The Morgan fingerprint density at radius 3 is 3.00 bits per heavy atom. The molecule has 4 nitrogen and oxygen atoms in total. The van der Waals surface area contributed by atoms with Crippen molar-refractivity contribution in [3.8, 4) is 0 Å². The van der Waals surface area contributed by atoms with E-state index in [2.05, 4.69) is 6.92 Å². The Morgan fingerprint density at radius 1 is 1.67 bits per heavy atom. The molecule has 0 aliphatic carbocycles. The minimum absolute atomic E-state index is 0.219. The number of carbonyl (C=O) groups excluding carboxylic acids is 1. The molecule has 1 amide bonds. The highest BCUT2D eigenvalue weighted by atomic mass is 16.5. The van der Waals surface area contributed by atoms with Crippen molar-refractivity contribution in [3.63, 3.8) is 0 Å². The quantitative estimate of drug-likeness (QED) is 0.735. The summed E-state index contributed by atoms with van der Waals surface area (Å²) in [5, 5.41) is 0. The summed E-state index contributed by atoms with van der Waals surface area (Å²) in [4.78, 5) is 13.7. The van der Waals surface area contributed by atoms with Crippen molar-refractivity contribution in [1.82, 2.24) is 4.90 Å². The van der Waals surface area contributed by atoms with Crippen molar-refractivity contribution < 1.29 is 9.53 Å². The van der Waals surface area contributed by atoms with Gasteiger partial charge in [-0.3, -0.25) is 4.79 Å². The Morgan fingerprint density at radius 2 is 2.47 bits per heavy atom. The molecule has 0 aromatic carbocycles. The van der Waals surface area contributed by atoms with Gasteiger partial charge >= 0.3 is 0 Å². The van der Waals surface area contributed by atoms with Gasteiger partial charge in [0.25, 0.3) is 0 Å². The summed E-state index contributed by atoms with van der Waals surface area (Å²) in [5.74, 6) is 0.592. The third kappa shape index (κ3) is 2.16. The molecule has 2 saturated heterocycles. The predicted molar refractivity (Wildman–Crippen MR) is 57.3 cm³/mol. The van der Waals surface area contributed by atoms with Crippen LogP contribution in [0.1, 0.15) is 26.2 Å². The monoisotopic (exact) mass is 212 g/mol. The number of amides is 1. The highest BCUT2D eigenvalue weighted by Crippen LogP contribution is 2.25. The Hall–Kier alpha value is -0.610. The average Bonchev–Trinajstić information content (AvgIpc) is 2.85. The van der Waals surface area contributed by atoms with E-state index in [1.807, 2.05) is 4.90 Å². The van der Waals surface area contributed by atoms with Gasteiger partial charge in [0.1, 0.15) is 0 Å². The molecule has 0 spiro atoms. The van der Waals surface area contributed by atoms with Gasteiger partial charge in [0.15, 0.2) is 0 Å². The first-order chi connectivity index (χ1) is 7.22. The molecule has 2 aliphatic rings. The molecule has 3 unspecified atom stereocenters. The molecule has 0 radical (unpaired) electrons. The Kier molecular flexibility index (Phi) is 3.26. The standard InChI is InChI=1S/C11H20N2O2/c1-8(10-3-2-4-15-10)13-7-9(6-12)5-11(13)14/h8-10H,2-7,12H2,1H3. The maximum absolute atomic E-state index is 11.8. The van der Waals surface area contributed by atoms with Gasteiger partial charge in [-0.25, -0.2) is 0 Å². The van der Waals surface area contributed by atoms with Crippen LogP contribution in [0.25, 0.3) is 0 Å². The molecule has 2 N–H and O–H groups in total. The van der Waals surface area contributed by atoms with Crippen LogP contribution in [0.5, 0.6) is 0 Å². The molecule has 3 atom stereocenters. The highest BCUT2D eigenvalue weighted by molar-refractivity contribution is 5.79. The molecule has 2 heterocycles. The molecular formula is C11H20N2O2. The fraction of sp³-hybridized carbons (Fsp3) is 0.909. The van der Waals surface area contributed by atoms with E-state index in [0.717, 1.165) is 26.0 Å². The van der Waals surface area contributed by atoms with E-state index in [1.165, 1.54) is 0 Å².